The van der Waals surface area contributed by atoms with Gasteiger partial charge >= 0.3 is 0 Å². The molecule has 2 amide bonds. The third kappa shape index (κ3) is 4.10. The molecule has 1 aliphatic rings. The first-order valence-corrected chi connectivity index (χ1v) is 12.5. The highest BCUT2D eigenvalue weighted by Crippen LogP contribution is 2.40. The summed E-state index contributed by atoms with van der Waals surface area (Å²) in [5.41, 5.74) is 11.4. The van der Waals surface area contributed by atoms with Gasteiger partial charge in [0.1, 0.15) is 5.00 Å². The Hall–Kier alpha value is -3.51. The number of pyridine rings is 1. The Kier molecular flexibility index (Phi) is 5.92. The average Bonchev–Trinajstić information content (AvgIpc) is 3.20. The lowest BCUT2D eigenvalue weighted by atomic mass is 9.85. The van der Waals surface area contributed by atoms with Crippen LogP contribution in [-0.2, 0) is 12.8 Å². The van der Waals surface area contributed by atoms with E-state index in [2.05, 4.69) is 12.2 Å². The van der Waals surface area contributed by atoms with Crippen LogP contribution in [0.3, 0.4) is 0 Å². The first-order chi connectivity index (χ1) is 16.4. The molecule has 0 saturated carbocycles. The van der Waals surface area contributed by atoms with Gasteiger partial charge in [-0.15, -0.1) is 11.3 Å². The van der Waals surface area contributed by atoms with Crippen molar-refractivity contribution in [2.24, 2.45) is 11.7 Å². The van der Waals surface area contributed by atoms with Crippen LogP contribution in [-0.4, -0.2) is 16.8 Å². The molecule has 0 bridgehead atoms. The molecule has 4 aromatic rings. The van der Waals surface area contributed by atoms with Crippen LogP contribution in [0.1, 0.15) is 56.5 Å². The van der Waals surface area contributed by atoms with Gasteiger partial charge < -0.3 is 11.1 Å². The molecule has 34 heavy (non-hydrogen) atoms. The first kappa shape index (κ1) is 22.3. The molecule has 0 radical (unpaired) electrons. The number of carbonyl (C=O) groups is 2. The molecule has 1 aliphatic carbocycles. The van der Waals surface area contributed by atoms with Crippen LogP contribution in [0.5, 0.6) is 0 Å². The highest BCUT2D eigenvalue weighted by Gasteiger charge is 2.28. The summed E-state index contributed by atoms with van der Waals surface area (Å²) in [5.74, 6) is -0.139. The van der Waals surface area contributed by atoms with Crippen molar-refractivity contribution in [1.29, 1.82) is 0 Å². The molecule has 0 spiro atoms. The van der Waals surface area contributed by atoms with Crippen molar-refractivity contribution < 1.29 is 9.59 Å². The molecular formula is C28H27N3O2S. The van der Waals surface area contributed by atoms with E-state index in [1.165, 1.54) is 16.2 Å². The maximum atomic E-state index is 13.6. The van der Waals surface area contributed by atoms with Gasteiger partial charge in [0.15, 0.2) is 0 Å². The van der Waals surface area contributed by atoms with Gasteiger partial charge in [0.05, 0.1) is 22.3 Å². The number of aryl methyl sites for hydroxylation is 1. The molecule has 1 atom stereocenters. The van der Waals surface area contributed by atoms with Gasteiger partial charge in [-0.2, -0.15) is 0 Å². The van der Waals surface area contributed by atoms with E-state index in [0.717, 1.165) is 59.0 Å². The van der Waals surface area contributed by atoms with Crippen LogP contribution in [0, 0.1) is 12.8 Å². The highest BCUT2D eigenvalue weighted by molar-refractivity contribution is 7.17. The predicted molar refractivity (Wildman–Crippen MR) is 139 cm³/mol. The van der Waals surface area contributed by atoms with E-state index in [0.29, 0.717) is 22.0 Å². The fourth-order valence-corrected chi connectivity index (χ4v) is 6.12. The summed E-state index contributed by atoms with van der Waals surface area (Å²) in [4.78, 5) is 31.9. The van der Waals surface area contributed by atoms with E-state index < -0.39 is 5.91 Å². The van der Waals surface area contributed by atoms with Gasteiger partial charge in [0.2, 0.25) is 0 Å². The zero-order chi connectivity index (χ0) is 23.8. The number of fused-ring (bicyclic) bond motifs is 2. The van der Waals surface area contributed by atoms with Crippen LogP contribution in [0.25, 0.3) is 22.2 Å². The Balaban J connectivity index is 1.56. The fraction of sp³-hybridized carbons (Fsp3) is 0.250. The minimum atomic E-state index is -0.484. The molecule has 1 unspecified atom stereocenters. The molecule has 0 saturated heterocycles. The Morgan fingerprint density at radius 3 is 2.65 bits per heavy atom. The molecule has 2 aromatic carbocycles. The highest BCUT2D eigenvalue weighted by atomic mass is 32.1. The van der Waals surface area contributed by atoms with Crippen LogP contribution in [0.15, 0.2) is 54.6 Å². The van der Waals surface area contributed by atoms with Crippen LogP contribution < -0.4 is 11.1 Å². The fourth-order valence-electron chi connectivity index (χ4n) is 4.76. The lowest BCUT2D eigenvalue weighted by Gasteiger charge is -2.20. The number of amides is 2. The summed E-state index contributed by atoms with van der Waals surface area (Å²) >= 11 is 1.49. The maximum absolute atomic E-state index is 13.6. The van der Waals surface area contributed by atoms with E-state index in [1.54, 1.807) is 0 Å². The van der Waals surface area contributed by atoms with Gasteiger partial charge in [0.25, 0.3) is 11.8 Å². The first-order valence-electron chi connectivity index (χ1n) is 11.7. The molecule has 2 aromatic heterocycles. The number of benzene rings is 2. The second-order valence-corrected chi connectivity index (χ2v) is 10.1. The van der Waals surface area contributed by atoms with Crippen LogP contribution >= 0.6 is 11.3 Å². The number of carbonyl (C=O) groups excluding carboxylic acids is 2. The number of nitrogens with one attached hydrogen (secondary N) is 1. The minimum absolute atomic E-state index is 0.264. The van der Waals surface area contributed by atoms with Gasteiger partial charge in [-0.3, -0.25) is 9.59 Å². The molecule has 2 heterocycles. The third-order valence-corrected chi connectivity index (χ3v) is 7.90. The summed E-state index contributed by atoms with van der Waals surface area (Å²) in [6, 6.07) is 17.5. The number of nitrogens with zero attached hydrogens (tertiary/aromatic N) is 1. The van der Waals surface area contributed by atoms with E-state index in [1.807, 2.05) is 61.5 Å². The maximum Gasteiger partial charge on any atom is 0.257 e. The largest absolute Gasteiger partial charge is 0.365 e. The quantitative estimate of drug-likeness (QED) is 0.368. The normalized spacial score (nSPS) is 15.2. The Morgan fingerprint density at radius 1 is 1.15 bits per heavy atom. The topological polar surface area (TPSA) is 85.1 Å². The summed E-state index contributed by atoms with van der Waals surface area (Å²) in [5, 5.41) is 4.35. The third-order valence-electron chi connectivity index (χ3n) is 6.73. The van der Waals surface area contributed by atoms with E-state index >= 15 is 0 Å². The Labute approximate surface area is 203 Å². The second-order valence-electron chi connectivity index (χ2n) is 8.98. The monoisotopic (exact) mass is 469 g/mol. The van der Waals surface area contributed by atoms with Gasteiger partial charge in [-0.1, -0.05) is 61.4 Å². The molecule has 5 rings (SSSR count). The van der Waals surface area contributed by atoms with Gasteiger partial charge in [-0.25, -0.2) is 4.98 Å². The van der Waals surface area contributed by atoms with E-state index in [-0.39, 0.29) is 5.91 Å². The zero-order valence-corrected chi connectivity index (χ0v) is 20.2. The van der Waals surface area contributed by atoms with Gasteiger partial charge in [0, 0.05) is 15.8 Å². The minimum Gasteiger partial charge on any atom is -0.365 e. The number of hydrogen-bond acceptors (Lipinski definition) is 4. The smallest absolute Gasteiger partial charge is 0.257 e. The van der Waals surface area contributed by atoms with Gasteiger partial charge in [-0.05, 0) is 49.8 Å². The standard InChI is InChI=1S/C28H27N3O2S/c1-3-17-10-13-20-24(14-17)34-28(25(20)26(29)32)31-27(33)21-15-23(18-11-8-16(2)9-12-18)30-22-7-5-4-6-19(21)22/h4-9,11-12,15,17H,3,10,13-14H2,1-2H3,(H2,29,32)(H,31,33). The zero-order valence-electron chi connectivity index (χ0n) is 19.4. The molecule has 172 valence electrons. The molecule has 3 N–H and O–H groups in total. The second kappa shape index (κ2) is 9.03. The molecule has 6 heteroatoms. The Bertz CT molecular complexity index is 1410. The van der Waals surface area contributed by atoms with Crippen molar-refractivity contribution in [2.75, 3.05) is 5.32 Å². The number of rotatable bonds is 5. The number of nitrogens with two attached hydrogens (primary N) is 1. The number of para-hydroxylation sites is 1. The Morgan fingerprint density at radius 2 is 1.91 bits per heavy atom. The van der Waals surface area contributed by atoms with Crippen LogP contribution in [0.2, 0.25) is 0 Å². The van der Waals surface area contributed by atoms with E-state index in [4.69, 9.17) is 10.7 Å². The van der Waals surface area contributed by atoms with Crippen LogP contribution in [0.4, 0.5) is 5.00 Å². The average molecular weight is 470 g/mol. The van der Waals surface area contributed by atoms with Crippen molar-refractivity contribution >= 4 is 39.1 Å². The number of thiophene rings is 1. The number of hydrogen-bond donors (Lipinski definition) is 2. The van der Waals surface area contributed by atoms with Crippen molar-refractivity contribution in [3.05, 3.63) is 81.7 Å². The summed E-state index contributed by atoms with van der Waals surface area (Å²) in [6.07, 6.45) is 3.91. The molecular weight excluding hydrogens is 442 g/mol. The lowest BCUT2D eigenvalue weighted by molar-refractivity contribution is 0.1000. The van der Waals surface area contributed by atoms with E-state index in [9.17, 15) is 9.59 Å². The summed E-state index contributed by atoms with van der Waals surface area (Å²) < 4.78 is 0. The summed E-state index contributed by atoms with van der Waals surface area (Å²) in [7, 11) is 0. The predicted octanol–water partition coefficient (Wildman–Crippen LogP) is 6.14. The van der Waals surface area contributed by atoms with Crippen molar-refractivity contribution in [2.45, 2.75) is 39.5 Å². The summed E-state index contributed by atoms with van der Waals surface area (Å²) in [6.45, 7) is 4.23. The lowest BCUT2D eigenvalue weighted by Crippen LogP contribution is -2.20. The van der Waals surface area contributed by atoms with Crippen molar-refractivity contribution in [1.82, 2.24) is 4.98 Å². The number of primary amides is 1. The molecule has 0 fully saturated rings. The SMILES string of the molecule is CCC1CCc2c(sc(NC(=O)c3cc(-c4ccc(C)cc4)nc4ccccc34)c2C(N)=O)C1. The number of aromatic nitrogens is 1. The molecule has 5 nitrogen and oxygen atoms in total. The van der Waals surface area contributed by atoms with Crippen molar-refractivity contribution in [3.63, 3.8) is 0 Å². The van der Waals surface area contributed by atoms with Crippen molar-refractivity contribution in [3.8, 4) is 11.3 Å². The molecule has 0 aliphatic heterocycles. The number of anilines is 1.